The van der Waals surface area contributed by atoms with Crippen LogP contribution >= 0.6 is 23.4 Å². The van der Waals surface area contributed by atoms with E-state index in [1.54, 1.807) is 11.9 Å². The molecule has 0 bridgehead atoms. The van der Waals surface area contributed by atoms with Gasteiger partial charge in [0.05, 0.1) is 5.75 Å². The van der Waals surface area contributed by atoms with Crippen LogP contribution in [0.5, 0.6) is 11.5 Å². The Balaban J connectivity index is 1.42. The lowest BCUT2D eigenvalue weighted by molar-refractivity contribution is -0.115. The van der Waals surface area contributed by atoms with Gasteiger partial charge >= 0.3 is 0 Å². The van der Waals surface area contributed by atoms with Crippen molar-refractivity contribution < 1.29 is 9.53 Å². The summed E-state index contributed by atoms with van der Waals surface area (Å²) in [5.74, 6) is 2.30. The lowest BCUT2D eigenvalue weighted by Gasteiger charge is -2.17. The van der Waals surface area contributed by atoms with Crippen LogP contribution < -0.4 is 9.64 Å². The van der Waals surface area contributed by atoms with Crippen LogP contribution in [-0.4, -0.2) is 33.5 Å². The second-order valence-corrected chi connectivity index (χ2v) is 9.51. The predicted octanol–water partition coefficient (Wildman–Crippen LogP) is 7.14. The number of nitrogens with zero attached hydrogens (tertiary/aromatic N) is 4. The van der Waals surface area contributed by atoms with Crippen LogP contribution in [0.2, 0.25) is 5.02 Å². The lowest BCUT2D eigenvalue weighted by Crippen LogP contribution is -2.27. The molecule has 0 radical (unpaired) electrons. The minimum Gasteiger partial charge on any atom is -0.457 e. The van der Waals surface area contributed by atoms with Crippen LogP contribution in [0.25, 0.3) is 17.1 Å². The van der Waals surface area contributed by atoms with Crippen LogP contribution in [0.3, 0.4) is 0 Å². The van der Waals surface area contributed by atoms with E-state index in [0.29, 0.717) is 21.8 Å². The SMILES string of the molecule is CN(C(=O)CSc1nnc(-c2ccc(Cl)cc2)n1-c1ccc(Oc2ccccc2)cc1)c1ccccc1. The van der Waals surface area contributed by atoms with Gasteiger partial charge in [-0.3, -0.25) is 9.36 Å². The molecule has 0 fully saturated rings. The number of anilines is 1. The third kappa shape index (κ3) is 5.85. The fraction of sp³-hybridized carbons (Fsp3) is 0.0690. The van der Waals surface area contributed by atoms with E-state index in [0.717, 1.165) is 22.7 Å². The number of amides is 1. The highest BCUT2D eigenvalue weighted by molar-refractivity contribution is 7.99. The first-order valence-corrected chi connectivity index (χ1v) is 12.9. The average Bonchev–Trinajstić information content (AvgIpc) is 3.37. The average molecular weight is 527 g/mol. The first-order valence-electron chi connectivity index (χ1n) is 11.6. The van der Waals surface area contributed by atoms with E-state index in [4.69, 9.17) is 16.3 Å². The molecule has 0 spiro atoms. The quantitative estimate of drug-likeness (QED) is 0.201. The molecular formula is C29H23ClN4O2S. The van der Waals surface area contributed by atoms with Crippen molar-refractivity contribution in [2.45, 2.75) is 5.16 Å². The topological polar surface area (TPSA) is 60.2 Å². The zero-order chi connectivity index (χ0) is 25.6. The Bertz CT molecular complexity index is 1470. The van der Waals surface area contributed by atoms with Crippen LogP contribution in [-0.2, 0) is 4.79 Å². The molecule has 184 valence electrons. The first-order chi connectivity index (χ1) is 18.1. The van der Waals surface area contributed by atoms with Crippen molar-refractivity contribution in [2.24, 2.45) is 0 Å². The van der Waals surface area contributed by atoms with Crippen LogP contribution in [0.4, 0.5) is 5.69 Å². The summed E-state index contributed by atoms with van der Waals surface area (Å²) >= 11 is 7.45. The Morgan fingerprint density at radius 3 is 2.14 bits per heavy atom. The van der Waals surface area contributed by atoms with E-state index in [2.05, 4.69) is 10.2 Å². The maximum absolute atomic E-state index is 12.9. The lowest BCUT2D eigenvalue weighted by atomic mass is 10.2. The van der Waals surface area contributed by atoms with E-state index >= 15 is 0 Å². The number of benzene rings is 4. The molecule has 5 rings (SSSR count). The fourth-order valence-electron chi connectivity index (χ4n) is 3.69. The molecule has 8 heteroatoms. The zero-order valence-corrected chi connectivity index (χ0v) is 21.6. The van der Waals surface area contributed by atoms with Crippen LogP contribution in [0, 0.1) is 0 Å². The maximum atomic E-state index is 12.9. The summed E-state index contributed by atoms with van der Waals surface area (Å²) < 4.78 is 7.89. The minimum atomic E-state index is -0.0367. The molecule has 0 N–H and O–H groups in total. The number of carbonyl (C=O) groups excluding carboxylic acids is 1. The van der Waals surface area contributed by atoms with E-state index in [9.17, 15) is 4.79 Å². The van der Waals surface area contributed by atoms with E-state index in [-0.39, 0.29) is 11.7 Å². The fourth-order valence-corrected chi connectivity index (χ4v) is 4.68. The van der Waals surface area contributed by atoms with Gasteiger partial charge in [0, 0.05) is 29.0 Å². The molecule has 0 saturated heterocycles. The molecule has 0 saturated carbocycles. The Hall–Kier alpha value is -4.07. The summed E-state index contributed by atoms with van der Waals surface area (Å²) in [5.41, 5.74) is 2.55. The number of rotatable bonds is 8. The number of ether oxygens (including phenoxy) is 1. The van der Waals surface area contributed by atoms with Crippen LogP contribution in [0.1, 0.15) is 0 Å². The molecule has 1 aromatic heterocycles. The Labute approximate surface area is 224 Å². The highest BCUT2D eigenvalue weighted by Crippen LogP contribution is 2.31. The van der Waals surface area contributed by atoms with Crippen molar-refractivity contribution in [3.8, 4) is 28.6 Å². The Kier molecular flexibility index (Phi) is 7.54. The van der Waals surface area contributed by atoms with Crippen molar-refractivity contribution in [3.05, 3.63) is 114 Å². The van der Waals surface area contributed by atoms with Gasteiger partial charge < -0.3 is 9.64 Å². The molecule has 0 aliphatic heterocycles. The molecule has 4 aromatic carbocycles. The molecule has 37 heavy (non-hydrogen) atoms. The molecule has 0 aliphatic carbocycles. The molecule has 1 amide bonds. The van der Waals surface area contributed by atoms with Crippen molar-refractivity contribution in [2.75, 3.05) is 17.7 Å². The highest BCUT2D eigenvalue weighted by atomic mass is 35.5. The largest absolute Gasteiger partial charge is 0.457 e. The highest BCUT2D eigenvalue weighted by Gasteiger charge is 2.19. The number of hydrogen-bond donors (Lipinski definition) is 0. The standard InChI is InChI=1S/C29H23ClN4O2S/c1-33(23-8-4-2-5-9-23)27(35)20-37-29-32-31-28(21-12-14-22(30)15-13-21)34(29)24-16-18-26(19-17-24)36-25-10-6-3-7-11-25/h2-19H,20H2,1H3. The van der Waals surface area contributed by atoms with Gasteiger partial charge in [-0.15, -0.1) is 10.2 Å². The van der Waals surface area contributed by atoms with Crippen molar-refractivity contribution in [1.29, 1.82) is 0 Å². The molecule has 1 heterocycles. The summed E-state index contributed by atoms with van der Waals surface area (Å²) in [6.45, 7) is 0. The van der Waals surface area contributed by atoms with Crippen molar-refractivity contribution in [3.63, 3.8) is 0 Å². The van der Waals surface area contributed by atoms with Gasteiger partial charge in [0.1, 0.15) is 11.5 Å². The third-order valence-corrected chi connectivity index (χ3v) is 6.82. The van der Waals surface area contributed by atoms with Gasteiger partial charge in [0.15, 0.2) is 11.0 Å². The molecule has 6 nitrogen and oxygen atoms in total. The van der Waals surface area contributed by atoms with Gasteiger partial charge in [-0.05, 0) is 72.8 Å². The molecular weight excluding hydrogens is 504 g/mol. The number of carbonyl (C=O) groups is 1. The molecule has 0 atom stereocenters. The molecule has 0 unspecified atom stereocenters. The summed E-state index contributed by atoms with van der Waals surface area (Å²) in [6.07, 6.45) is 0. The normalized spacial score (nSPS) is 10.8. The van der Waals surface area contributed by atoms with E-state index < -0.39 is 0 Å². The first kappa shape index (κ1) is 24.6. The monoisotopic (exact) mass is 526 g/mol. The van der Waals surface area contributed by atoms with Gasteiger partial charge in [0.25, 0.3) is 0 Å². The number of halogens is 1. The second kappa shape index (κ2) is 11.3. The van der Waals surface area contributed by atoms with Gasteiger partial charge in [0.2, 0.25) is 5.91 Å². The summed E-state index contributed by atoms with van der Waals surface area (Å²) in [5, 5.41) is 10.1. The van der Waals surface area contributed by atoms with Crippen LogP contribution in [0.15, 0.2) is 114 Å². The Morgan fingerprint density at radius 2 is 1.46 bits per heavy atom. The third-order valence-electron chi connectivity index (χ3n) is 5.65. The number of para-hydroxylation sites is 2. The summed E-state index contributed by atoms with van der Waals surface area (Å²) in [4.78, 5) is 14.6. The Morgan fingerprint density at radius 1 is 0.838 bits per heavy atom. The molecule has 5 aromatic rings. The van der Waals surface area contributed by atoms with Gasteiger partial charge in [-0.1, -0.05) is 59.8 Å². The second-order valence-electron chi connectivity index (χ2n) is 8.13. The van der Waals surface area contributed by atoms with E-state index in [1.165, 1.54) is 11.8 Å². The minimum absolute atomic E-state index is 0.0367. The van der Waals surface area contributed by atoms with Crippen molar-refractivity contribution in [1.82, 2.24) is 14.8 Å². The maximum Gasteiger partial charge on any atom is 0.237 e. The smallest absolute Gasteiger partial charge is 0.237 e. The predicted molar refractivity (Wildman–Crippen MR) is 149 cm³/mol. The summed E-state index contributed by atoms with van der Waals surface area (Å²) in [6, 6.07) is 34.3. The number of hydrogen-bond acceptors (Lipinski definition) is 5. The summed E-state index contributed by atoms with van der Waals surface area (Å²) in [7, 11) is 1.77. The molecule has 0 aliphatic rings. The van der Waals surface area contributed by atoms with Gasteiger partial charge in [-0.25, -0.2) is 0 Å². The van der Waals surface area contributed by atoms with E-state index in [1.807, 2.05) is 114 Å². The zero-order valence-electron chi connectivity index (χ0n) is 20.0. The number of aromatic nitrogens is 3. The van der Waals surface area contributed by atoms with Crippen molar-refractivity contribution >= 4 is 35.0 Å². The number of thioether (sulfide) groups is 1. The van der Waals surface area contributed by atoms with Gasteiger partial charge in [-0.2, -0.15) is 0 Å².